The molecule has 0 heterocycles. The third-order valence-electron chi connectivity index (χ3n) is 3.34. The van der Waals surface area contributed by atoms with Crippen LogP contribution < -0.4 is 5.73 Å². The lowest BCUT2D eigenvalue weighted by molar-refractivity contribution is 0.0112. The van der Waals surface area contributed by atoms with Crippen molar-refractivity contribution in [1.29, 1.82) is 0 Å². The molecule has 1 saturated carbocycles. The third-order valence-corrected chi connectivity index (χ3v) is 3.34. The van der Waals surface area contributed by atoms with Gasteiger partial charge in [-0.2, -0.15) is 0 Å². The molecule has 0 saturated heterocycles. The first kappa shape index (κ1) is 12.9. The number of nitrogens with zero attached hydrogens (tertiary/aromatic N) is 1. The molecule has 4 nitrogen and oxygen atoms in total. The summed E-state index contributed by atoms with van der Waals surface area (Å²) in [7, 11) is 2.12. The van der Waals surface area contributed by atoms with Gasteiger partial charge < -0.3 is 15.4 Å². The van der Waals surface area contributed by atoms with Gasteiger partial charge in [0.15, 0.2) is 0 Å². The Labute approximate surface area is 108 Å². The van der Waals surface area contributed by atoms with Crippen LogP contribution in [0.4, 0.5) is 4.79 Å². The van der Waals surface area contributed by atoms with Gasteiger partial charge in [-0.05, 0) is 31.4 Å². The first-order valence-corrected chi connectivity index (χ1v) is 6.32. The summed E-state index contributed by atoms with van der Waals surface area (Å²) in [5.41, 5.74) is 6.30. The fourth-order valence-electron chi connectivity index (χ4n) is 2.48. The second-order valence-corrected chi connectivity index (χ2v) is 5.08. The van der Waals surface area contributed by atoms with Gasteiger partial charge in [-0.25, -0.2) is 4.79 Å². The number of primary amides is 1. The van der Waals surface area contributed by atoms with Gasteiger partial charge in [0.05, 0.1) is 0 Å². The molecule has 2 rings (SSSR count). The molecular formula is C14H20N2O2. The normalized spacial score (nSPS) is 22.6. The van der Waals surface area contributed by atoms with Crippen LogP contribution in [0, 0.1) is 5.92 Å². The molecule has 2 N–H and O–H groups in total. The van der Waals surface area contributed by atoms with Gasteiger partial charge in [0.1, 0.15) is 6.10 Å². The van der Waals surface area contributed by atoms with Crippen molar-refractivity contribution in [3.8, 4) is 0 Å². The van der Waals surface area contributed by atoms with Gasteiger partial charge in [-0.1, -0.05) is 30.3 Å². The maximum Gasteiger partial charge on any atom is 0.404 e. The Bertz CT molecular complexity index is 388. The van der Waals surface area contributed by atoms with E-state index in [0.717, 1.165) is 25.9 Å². The minimum Gasteiger partial charge on any atom is -0.446 e. The van der Waals surface area contributed by atoms with Crippen molar-refractivity contribution in [2.24, 2.45) is 11.7 Å². The van der Waals surface area contributed by atoms with Gasteiger partial charge in [0.25, 0.3) is 0 Å². The largest absolute Gasteiger partial charge is 0.446 e. The molecule has 1 fully saturated rings. The number of carbonyl (C=O) groups excluding carboxylic acids is 1. The highest BCUT2D eigenvalue weighted by atomic mass is 16.6. The van der Waals surface area contributed by atoms with Crippen molar-refractivity contribution in [3.05, 3.63) is 35.9 Å². The number of ether oxygens (including phenoxy) is 1. The van der Waals surface area contributed by atoms with E-state index in [1.54, 1.807) is 0 Å². The molecule has 1 aliphatic rings. The van der Waals surface area contributed by atoms with Crippen molar-refractivity contribution in [2.45, 2.75) is 25.5 Å². The monoisotopic (exact) mass is 248 g/mol. The first-order chi connectivity index (χ1) is 8.63. The van der Waals surface area contributed by atoms with Crippen molar-refractivity contribution in [1.82, 2.24) is 4.90 Å². The quantitative estimate of drug-likeness (QED) is 0.867. The summed E-state index contributed by atoms with van der Waals surface area (Å²) in [6.07, 6.45) is 1.25. The standard InChI is InChI=1S/C14H20N2O2/c1-16(9-11-5-3-2-4-6-11)10-12-7-13(8-12)18-14(15)17/h2-6,12-13H,7-10H2,1H3,(H2,15,17). The van der Waals surface area contributed by atoms with Crippen LogP contribution in [0.3, 0.4) is 0 Å². The molecule has 0 spiro atoms. The first-order valence-electron chi connectivity index (χ1n) is 6.32. The zero-order valence-electron chi connectivity index (χ0n) is 10.7. The summed E-state index contributed by atoms with van der Waals surface area (Å²) in [4.78, 5) is 12.9. The molecule has 0 bridgehead atoms. The molecule has 0 unspecified atom stereocenters. The fourth-order valence-corrected chi connectivity index (χ4v) is 2.48. The van der Waals surface area contributed by atoms with E-state index < -0.39 is 6.09 Å². The Morgan fingerprint density at radius 2 is 2.06 bits per heavy atom. The predicted octanol–water partition coefficient (Wildman–Crippen LogP) is 1.99. The van der Waals surface area contributed by atoms with Crippen LogP contribution in [-0.4, -0.2) is 30.7 Å². The maximum atomic E-state index is 10.6. The smallest absolute Gasteiger partial charge is 0.404 e. The molecule has 4 heteroatoms. The fraction of sp³-hybridized carbons (Fsp3) is 0.500. The van der Waals surface area contributed by atoms with Gasteiger partial charge in [0.2, 0.25) is 0 Å². The van der Waals surface area contributed by atoms with Gasteiger partial charge in [-0.15, -0.1) is 0 Å². The van der Waals surface area contributed by atoms with Crippen LogP contribution in [0.2, 0.25) is 0 Å². The Morgan fingerprint density at radius 1 is 1.39 bits per heavy atom. The minimum atomic E-state index is -0.656. The summed E-state index contributed by atoms with van der Waals surface area (Å²) in [6, 6.07) is 10.4. The number of carbonyl (C=O) groups is 1. The molecule has 0 aromatic heterocycles. The molecule has 0 aliphatic heterocycles. The van der Waals surface area contributed by atoms with Crippen molar-refractivity contribution < 1.29 is 9.53 Å². The highest BCUT2D eigenvalue weighted by Crippen LogP contribution is 2.30. The maximum absolute atomic E-state index is 10.6. The molecule has 0 atom stereocenters. The average molecular weight is 248 g/mol. The molecule has 1 aromatic carbocycles. The number of hydrogen-bond acceptors (Lipinski definition) is 3. The number of nitrogens with two attached hydrogens (primary N) is 1. The highest BCUT2D eigenvalue weighted by Gasteiger charge is 2.32. The number of hydrogen-bond donors (Lipinski definition) is 1. The molecule has 18 heavy (non-hydrogen) atoms. The molecule has 0 radical (unpaired) electrons. The van der Waals surface area contributed by atoms with Gasteiger partial charge in [0, 0.05) is 13.1 Å². The Balaban J connectivity index is 1.67. The Hall–Kier alpha value is -1.55. The summed E-state index contributed by atoms with van der Waals surface area (Å²) in [5, 5.41) is 0. The second-order valence-electron chi connectivity index (χ2n) is 5.08. The summed E-state index contributed by atoms with van der Waals surface area (Å²) < 4.78 is 4.94. The second kappa shape index (κ2) is 5.87. The van der Waals surface area contributed by atoms with Crippen molar-refractivity contribution >= 4 is 6.09 Å². The lowest BCUT2D eigenvalue weighted by atomic mass is 9.82. The molecule has 1 aliphatic carbocycles. The Kier molecular flexibility index (Phi) is 4.20. The summed E-state index contributed by atoms with van der Waals surface area (Å²) in [6.45, 7) is 1.99. The van der Waals surface area contributed by atoms with E-state index in [1.807, 2.05) is 6.07 Å². The summed E-state index contributed by atoms with van der Waals surface area (Å²) in [5.74, 6) is 0.614. The molecule has 1 amide bonds. The van der Waals surface area contributed by atoms with Crippen molar-refractivity contribution in [2.75, 3.05) is 13.6 Å². The molecule has 98 valence electrons. The van der Waals surface area contributed by atoms with Crippen molar-refractivity contribution in [3.63, 3.8) is 0 Å². The Morgan fingerprint density at radius 3 is 2.67 bits per heavy atom. The van der Waals surface area contributed by atoms with Crippen LogP contribution in [0.25, 0.3) is 0 Å². The van der Waals surface area contributed by atoms with Crippen LogP contribution in [0.1, 0.15) is 18.4 Å². The van der Waals surface area contributed by atoms with Crippen LogP contribution in [0.15, 0.2) is 30.3 Å². The van der Waals surface area contributed by atoms with E-state index in [-0.39, 0.29) is 6.10 Å². The predicted molar refractivity (Wildman–Crippen MR) is 70.0 cm³/mol. The lowest BCUT2D eigenvalue weighted by Crippen LogP contribution is -2.40. The highest BCUT2D eigenvalue weighted by molar-refractivity contribution is 5.64. The van der Waals surface area contributed by atoms with Gasteiger partial charge >= 0.3 is 6.09 Å². The molecular weight excluding hydrogens is 228 g/mol. The van der Waals surface area contributed by atoms with E-state index in [9.17, 15) is 4.79 Å². The number of rotatable bonds is 5. The van der Waals surface area contributed by atoms with E-state index in [0.29, 0.717) is 5.92 Å². The van der Waals surface area contributed by atoms with Gasteiger partial charge in [-0.3, -0.25) is 0 Å². The topological polar surface area (TPSA) is 55.6 Å². The third kappa shape index (κ3) is 3.74. The minimum absolute atomic E-state index is 0.0395. The SMILES string of the molecule is CN(Cc1ccccc1)CC1CC(OC(N)=O)C1. The van der Waals surface area contributed by atoms with E-state index >= 15 is 0 Å². The number of benzene rings is 1. The summed E-state index contributed by atoms with van der Waals surface area (Å²) >= 11 is 0. The zero-order valence-corrected chi connectivity index (χ0v) is 10.7. The van der Waals surface area contributed by atoms with Crippen LogP contribution in [0.5, 0.6) is 0 Å². The van der Waals surface area contributed by atoms with E-state index in [2.05, 4.69) is 36.2 Å². The number of amides is 1. The van der Waals surface area contributed by atoms with Crippen LogP contribution in [-0.2, 0) is 11.3 Å². The lowest BCUT2D eigenvalue weighted by Gasteiger charge is -2.36. The molecule has 1 aromatic rings. The van der Waals surface area contributed by atoms with Crippen LogP contribution >= 0.6 is 0 Å². The average Bonchev–Trinajstić information content (AvgIpc) is 2.27. The van der Waals surface area contributed by atoms with E-state index in [4.69, 9.17) is 10.5 Å². The van der Waals surface area contributed by atoms with E-state index in [1.165, 1.54) is 5.56 Å². The zero-order chi connectivity index (χ0) is 13.0.